The summed E-state index contributed by atoms with van der Waals surface area (Å²) in [6.07, 6.45) is 16.5. The fourth-order valence-electron chi connectivity index (χ4n) is 4.79. The van der Waals surface area contributed by atoms with Crippen LogP contribution in [0, 0.1) is 0 Å². The molecule has 0 spiro atoms. The molecule has 0 fully saturated rings. The van der Waals surface area contributed by atoms with Crippen LogP contribution in [-0.2, 0) is 22.9 Å². The van der Waals surface area contributed by atoms with Crippen molar-refractivity contribution in [3.8, 4) is 0 Å². The summed E-state index contributed by atoms with van der Waals surface area (Å²) in [4.78, 5) is 0. The van der Waals surface area contributed by atoms with Gasteiger partial charge in [0, 0.05) is 0 Å². The number of rotatable bonds is 2. The molecule has 4 rings (SSSR count). The Labute approximate surface area is 165 Å². The van der Waals surface area contributed by atoms with Crippen LogP contribution < -0.4 is 24.8 Å². The van der Waals surface area contributed by atoms with Crippen molar-refractivity contribution in [1.82, 2.24) is 0 Å². The predicted octanol–water partition coefficient (Wildman–Crippen LogP) is 0.315. The predicted molar refractivity (Wildman–Crippen MR) is 86.0 cm³/mol. The minimum atomic E-state index is -0.705. The van der Waals surface area contributed by atoms with Crippen LogP contribution in [0.15, 0.2) is 45.6 Å². The van der Waals surface area contributed by atoms with E-state index >= 15 is 0 Å². The molecule has 0 aliphatic heterocycles. The number of hydrogen-bond donors (Lipinski definition) is 0. The van der Waals surface area contributed by atoms with Gasteiger partial charge in [-0.3, -0.25) is 0 Å². The minimum Gasteiger partial charge on any atom is -1.00 e. The third-order valence-corrected chi connectivity index (χ3v) is 14.0. The molecule has 3 heteroatoms. The van der Waals surface area contributed by atoms with E-state index < -0.39 is 22.9 Å². The fraction of sp³-hybridized carbons (Fsp3) is 0.600. The summed E-state index contributed by atoms with van der Waals surface area (Å²) in [5, 5.41) is 0. The van der Waals surface area contributed by atoms with E-state index in [0.29, 0.717) is 0 Å². The summed E-state index contributed by atoms with van der Waals surface area (Å²) in [7, 11) is 0. The maximum absolute atomic E-state index is 2.58. The van der Waals surface area contributed by atoms with Crippen LogP contribution in [-0.4, -0.2) is 0 Å². The Balaban J connectivity index is 0.000000960. The summed E-state index contributed by atoms with van der Waals surface area (Å²) in [6, 6.07) is 0. The van der Waals surface area contributed by atoms with Gasteiger partial charge < -0.3 is 24.8 Å². The van der Waals surface area contributed by atoms with Crippen molar-refractivity contribution >= 4 is 0 Å². The van der Waals surface area contributed by atoms with Crippen molar-refractivity contribution in [3.63, 3.8) is 0 Å². The third-order valence-electron chi connectivity index (χ3n) is 5.85. The van der Waals surface area contributed by atoms with Gasteiger partial charge in [0.15, 0.2) is 0 Å². The Bertz CT molecular complexity index is 543. The normalized spacial score (nSPS) is 29.0. The third kappa shape index (κ3) is 3.67. The second-order valence-electron chi connectivity index (χ2n) is 7.32. The monoisotopic (exact) mass is 516 g/mol. The number of halogens is 2. The maximum atomic E-state index is 2.58. The summed E-state index contributed by atoms with van der Waals surface area (Å²) >= 11 is -0.705. The molecule has 0 bridgehead atoms. The Kier molecular flexibility index (Phi) is 7.03. The smallest absolute Gasteiger partial charge is 1.00 e. The second kappa shape index (κ2) is 8.19. The average Bonchev–Trinajstić information content (AvgIpc) is 2.97. The van der Waals surface area contributed by atoms with E-state index in [1.54, 1.807) is 22.3 Å². The van der Waals surface area contributed by atoms with Crippen molar-refractivity contribution in [2.45, 2.75) is 72.6 Å². The van der Waals surface area contributed by atoms with Crippen LogP contribution in [0.4, 0.5) is 0 Å². The van der Waals surface area contributed by atoms with Gasteiger partial charge in [-0.1, -0.05) is 0 Å². The fourth-order valence-corrected chi connectivity index (χ4v) is 12.3. The van der Waals surface area contributed by atoms with Gasteiger partial charge in [0.05, 0.1) is 0 Å². The summed E-state index contributed by atoms with van der Waals surface area (Å²) < 4.78 is 1.92. The van der Waals surface area contributed by atoms with Crippen LogP contribution in [0.25, 0.3) is 0 Å². The molecular formula is C20H26Cl2Hf. The minimum absolute atomic E-state index is 0. The molecule has 0 heterocycles. The van der Waals surface area contributed by atoms with Gasteiger partial charge in [-0.25, -0.2) is 0 Å². The maximum Gasteiger partial charge on any atom is -1.00 e. The molecule has 2 unspecified atom stereocenters. The first kappa shape index (κ1) is 19.7. The Morgan fingerprint density at radius 2 is 1.09 bits per heavy atom. The Morgan fingerprint density at radius 1 is 0.696 bits per heavy atom. The molecule has 124 valence electrons. The molecule has 0 saturated heterocycles. The zero-order valence-electron chi connectivity index (χ0n) is 14.2. The van der Waals surface area contributed by atoms with E-state index in [1.165, 1.54) is 51.4 Å². The van der Waals surface area contributed by atoms with Crippen molar-refractivity contribution < 1.29 is 47.7 Å². The molecule has 0 N–H and O–H groups in total. The summed E-state index contributed by atoms with van der Waals surface area (Å²) in [5.74, 6) is 0. The molecule has 0 nitrogen and oxygen atoms in total. The first-order valence-corrected chi connectivity index (χ1v) is 12.9. The van der Waals surface area contributed by atoms with Crippen LogP contribution >= 0.6 is 0 Å². The zero-order chi connectivity index (χ0) is 14.4. The molecule has 2 atom stereocenters. The molecule has 4 aliphatic carbocycles. The van der Waals surface area contributed by atoms with Gasteiger partial charge in [-0.2, -0.15) is 0 Å². The molecule has 0 amide bonds. The van der Waals surface area contributed by atoms with Gasteiger partial charge in [-0.15, -0.1) is 0 Å². The van der Waals surface area contributed by atoms with Crippen molar-refractivity contribution in [2.75, 3.05) is 0 Å². The van der Waals surface area contributed by atoms with Gasteiger partial charge in [-0.05, 0) is 0 Å². The second-order valence-corrected chi connectivity index (χ2v) is 12.7. The van der Waals surface area contributed by atoms with Crippen LogP contribution in [0.2, 0.25) is 7.35 Å². The van der Waals surface area contributed by atoms with Crippen molar-refractivity contribution in [3.05, 3.63) is 45.6 Å². The van der Waals surface area contributed by atoms with E-state index in [2.05, 4.69) is 26.0 Å². The molecule has 23 heavy (non-hydrogen) atoms. The summed E-state index contributed by atoms with van der Waals surface area (Å²) in [5.41, 5.74) is 10.8. The van der Waals surface area contributed by atoms with Crippen LogP contribution in [0.1, 0.15) is 65.2 Å². The van der Waals surface area contributed by atoms with E-state index in [0.717, 1.165) is 7.35 Å². The largest absolute Gasteiger partial charge is 1.00 e. The molecule has 0 saturated carbocycles. The quantitative estimate of drug-likeness (QED) is 0.465. The van der Waals surface area contributed by atoms with Crippen LogP contribution in [0.5, 0.6) is 0 Å². The van der Waals surface area contributed by atoms with E-state index in [-0.39, 0.29) is 24.8 Å². The summed E-state index contributed by atoms with van der Waals surface area (Å²) in [6.45, 7) is 4.86. The molecule has 0 aromatic carbocycles. The molecule has 0 aromatic rings. The van der Waals surface area contributed by atoms with Gasteiger partial charge in [0.25, 0.3) is 0 Å². The number of allylic oxidation sites excluding steroid dienone is 8. The Morgan fingerprint density at radius 3 is 1.52 bits per heavy atom. The Hall–Kier alpha value is 0.410. The van der Waals surface area contributed by atoms with E-state index in [9.17, 15) is 0 Å². The van der Waals surface area contributed by atoms with Gasteiger partial charge >= 0.3 is 141 Å². The zero-order valence-corrected chi connectivity index (χ0v) is 19.3. The topological polar surface area (TPSA) is 0 Å². The van der Waals surface area contributed by atoms with Gasteiger partial charge in [0.1, 0.15) is 0 Å². The molecule has 4 aliphatic rings. The molecule has 0 aromatic heterocycles. The number of hydrogen-bond acceptors (Lipinski definition) is 0. The van der Waals surface area contributed by atoms with E-state index in [1.807, 2.05) is 11.1 Å². The average molecular weight is 516 g/mol. The first-order valence-electron chi connectivity index (χ1n) is 8.80. The van der Waals surface area contributed by atoms with Crippen molar-refractivity contribution in [1.29, 1.82) is 0 Å². The van der Waals surface area contributed by atoms with Crippen LogP contribution in [0.3, 0.4) is 0 Å². The van der Waals surface area contributed by atoms with Gasteiger partial charge in [0.2, 0.25) is 0 Å². The van der Waals surface area contributed by atoms with E-state index in [4.69, 9.17) is 0 Å². The van der Waals surface area contributed by atoms with Crippen molar-refractivity contribution in [2.24, 2.45) is 0 Å². The standard InChI is InChI=1S/2C10H13.2ClH.Hf/c2*1-8-6-9-4-2-3-5-10(9)7-8;;;/h2*6-7H,2-5H2,1H3;2*1H;/q;;;;+2/p-2. The first-order chi connectivity index (χ1) is 10.2. The molecular weight excluding hydrogens is 490 g/mol. The SMILES string of the molecule is CC1=CC2=C(CCCC2)[CH]1[Hf+2][CH]1C(C)=CC2=C1CCCC2.[Cl-].[Cl-]. The molecule has 0 radical (unpaired) electrons.